The summed E-state index contributed by atoms with van der Waals surface area (Å²) in [7, 11) is 0. The number of halogens is 1. The highest BCUT2D eigenvalue weighted by atomic mass is 19.1. The third-order valence-electron chi connectivity index (χ3n) is 4.90. The molecule has 2 aliphatic heterocycles. The van der Waals surface area contributed by atoms with Gasteiger partial charge in [-0.15, -0.1) is 0 Å². The first-order valence-electron chi connectivity index (χ1n) is 8.48. The molecule has 1 unspecified atom stereocenters. The molecule has 5 nitrogen and oxygen atoms in total. The number of carbonyl (C=O) groups is 2. The number of likely N-dealkylation sites (tertiary alicyclic amines) is 1. The van der Waals surface area contributed by atoms with Gasteiger partial charge in [-0.2, -0.15) is 0 Å². The second kappa shape index (κ2) is 6.89. The summed E-state index contributed by atoms with van der Waals surface area (Å²) in [5.74, 6) is -0.142. The fourth-order valence-electron chi connectivity index (χ4n) is 3.54. The molecule has 24 heavy (non-hydrogen) atoms. The third kappa shape index (κ3) is 3.43. The lowest BCUT2D eigenvalue weighted by Gasteiger charge is -2.37. The minimum absolute atomic E-state index is 0.0235. The fourth-order valence-corrected chi connectivity index (χ4v) is 3.54. The molecule has 0 aliphatic carbocycles. The molecule has 1 aromatic rings. The lowest BCUT2D eigenvalue weighted by molar-refractivity contribution is -0.136. The van der Waals surface area contributed by atoms with Crippen molar-refractivity contribution >= 4 is 17.5 Å². The average Bonchev–Trinajstić information content (AvgIpc) is 2.60. The molecule has 2 amide bonds. The van der Waals surface area contributed by atoms with Crippen LogP contribution in [-0.2, 0) is 16.0 Å². The zero-order valence-electron chi connectivity index (χ0n) is 13.7. The predicted molar refractivity (Wildman–Crippen MR) is 88.5 cm³/mol. The Labute approximate surface area is 141 Å². The summed E-state index contributed by atoms with van der Waals surface area (Å²) in [6, 6.07) is 7.73. The van der Waals surface area contributed by atoms with Crippen molar-refractivity contribution in [3.05, 3.63) is 29.8 Å². The number of rotatable bonds is 4. The highest BCUT2D eigenvalue weighted by molar-refractivity contribution is 5.97. The molecule has 130 valence electrons. The van der Waals surface area contributed by atoms with Crippen LogP contribution in [0.2, 0.25) is 0 Å². The van der Waals surface area contributed by atoms with Gasteiger partial charge in [0.2, 0.25) is 11.8 Å². The van der Waals surface area contributed by atoms with Crippen molar-refractivity contribution in [3.63, 3.8) is 0 Å². The van der Waals surface area contributed by atoms with Crippen molar-refractivity contribution in [2.45, 2.75) is 37.8 Å². The number of alkyl halides is 1. The average molecular weight is 334 g/mol. The largest absolute Gasteiger partial charge is 0.393 e. The summed E-state index contributed by atoms with van der Waals surface area (Å²) < 4.78 is 14.3. The van der Waals surface area contributed by atoms with Gasteiger partial charge in [-0.25, -0.2) is 4.39 Å². The molecular formula is C18H23FN2O3. The maximum absolute atomic E-state index is 14.3. The molecule has 0 aromatic heterocycles. The van der Waals surface area contributed by atoms with Crippen LogP contribution in [0.4, 0.5) is 10.1 Å². The monoisotopic (exact) mass is 334 g/mol. The number of nitrogens with zero attached hydrogens (tertiary/aromatic N) is 2. The quantitative estimate of drug-likeness (QED) is 0.911. The second-order valence-electron chi connectivity index (χ2n) is 6.65. The van der Waals surface area contributed by atoms with E-state index >= 15 is 0 Å². The molecule has 1 atom stereocenters. The first kappa shape index (κ1) is 16.9. The molecule has 6 heteroatoms. The molecule has 2 heterocycles. The summed E-state index contributed by atoms with van der Waals surface area (Å²) >= 11 is 0. The van der Waals surface area contributed by atoms with Gasteiger partial charge in [-0.1, -0.05) is 18.2 Å². The highest BCUT2D eigenvalue weighted by Crippen LogP contribution is 2.28. The van der Waals surface area contributed by atoms with E-state index in [9.17, 15) is 14.0 Å². The Morgan fingerprint density at radius 1 is 1.29 bits per heavy atom. The molecule has 1 aromatic carbocycles. The van der Waals surface area contributed by atoms with Crippen LogP contribution in [0, 0.1) is 0 Å². The van der Waals surface area contributed by atoms with Gasteiger partial charge in [-0.3, -0.25) is 9.59 Å². The van der Waals surface area contributed by atoms with Gasteiger partial charge in [0.25, 0.3) is 0 Å². The van der Waals surface area contributed by atoms with Crippen LogP contribution in [0.15, 0.2) is 24.3 Å². The molecule has 1 N–H and O–H groups in total. The van der Waals surface area contributed by atoms with E-state index in [1.165, 1.54) is 4.90 Å². The van der Waals surface area contributed by atoms with E-state index in [1.807, 2.05) is 24.3 Å². The van der Waals surface area contributed by atoms with Crippen molar-refractivity contribution in [1.29, 1.82) is 0 Å². The maximum atomic E-state index is 14.3. The van der Waals surface area contributed by atoms with Crippen LogP contribution in [0.1, 0.15) is 31.2 Å². The zero-order valence-corrected chi connectivity index (χ0v) is 13.7. The van der Waals surface area contributed by atoms with Crippen molar-refractivity contribution < 1.29 is 19.1 Å². The topological polar surface area (TPSA) is 60.9 Å². The Balaban J connectivity index is 1.63. The molecule has 0 saturated carbocycles. The first-order valence-corrected chi connectivity index (χ1v) is 8.48. The SMILES string of the molecule is O=C(CCN1C(=O)CCc2ccccc21)N1CCCC(F)(CO)C1. The molecule has 1 fully saturated rings. The number of para-hydroxylation sites is 1. The van der Waals surface area contributed by atoms with Crippen molar-refractivity contribution in [2.75, 3.05) is 31.1 Å². The summed E-state index contributed by atoms with van der Waals surface area (Å²) in [5, 5.41) is 9.16. The van der Waals surface area contributed by atoms with Gasteiger partial charge in [0, 0.05) is 31.6 Å². The number of aryl methyl sites for hydroxylation is 1. The Morgan fingerprint density at radius 3 is 2.88 bits per heavy atom. The number of hydrogen-bond donors (Lipinski definition) is 1. The van der Waals surface area contributed by atoms with Crippen LogP contribution >= 0.6 is 0 Å². The Hall–Kier alpha value is -1.95. The van der Waals surface area contributed by atoms with Crippen LogP contribution in [-0.4, -0.2) is 53.7 Å². The lowest BCUT2D eigenvalue weighted by atomic mass is 9.95. The molecule has 2 aliphatic rings. The number of fused-ring (bicyclic) bond motifs is 1. The minimum atomic E-state index is -1.69. The van der Waals surface area contributed by atoms with E-state index in [-0.39, 0.29) is 31.2 Å². The highest BCUT2D eigenvalue weighted by Gasteiger charge is 2.36. The number of aliphatic hydroxyl groups is 1. The van der Waals surface area contributed by atoms with E-state index in [1.54, 1.807) is 4.90 Å². The van der Waals surface area contributed by atoms with Crippen LogP contribution in [0.5, 0.6) is 0 Å². The first-order chi connectivity index (χ1) is 11.5. The molecule has 0 radical (unpaired) electrons. The van der Waals surface area contributed by atoms with Crippen LogP contribution in [0.25, 0.3) is 0 Å². The normalized spacial score (nSPS) is 24.0. The number of anilines is 1. The van der Waals surface area contributed by atoms with Gasteiger partial charge in [0.1, 0.15) is 0 Å². The smallest absolute Gasteiger partial charge is 0.227 e. The predicted octanol–water partition coefficient (Wildman–Crippen LogP) is 1.68. The van der Waals surface area contributed by atoms with E-state index < -0.39 is 12.3 Å². The number of piperidine rings is 1. The van der Waals surface area contributed by atoms with Crippen molar-refractivity contribution in [3.8, 4) is 0 Å². The molecule has 3 rings (SSSR count). The number of amides is 2. The van der Waals surface area contributed by atoms with Gasteiger partial charge in [0.15, 0.2) is 5.67 Å². The number of hydrogen-bond acceptors (Lipinski definition) is 3. The second-order valence-corrected chi connectivity index (χ2v) is 6.65. The zero-order chi connectivity index (χ0) is 17.2. The number of benzene rings is 1. The van der Waals surface area contributed by atoms with E-state index in [0.29, 0.717) is 25.9 Å². The molecule has 0 spiro atoms. The van der Waals surface area contributed by atoms with Crippen molar-refractivity contribution in [1.82, 2.24) is 4.90 Å². The summed E-state index contributed by atoms with van der Waals surface area (Å²) in [4.78, 5) is 27.7. The lowest BCUT2D eigenvalue weighted by Crippen LogP contribution is -2.50. The van der Waals surface area contributed by atoms with Gasteiger partial charge < -0.3 is 14.9 Å². The molecule has 0 bridgehead atoms. The number of carbonyl (C=O) groups excluding carboxylic acids is 2. The van der Waals surface area contributed by atoms with E-state index in [0.717, 1.165) is 17.7 Å². The fraction of sp³-hybridized carbons (Fsp3) is 0.556. The van der Waals surface area contributed by atoms with Crippen LogP contribution < -0.4 is 4.90 Å². The minimum Gasteiger partial charge on any atom is -0.393 e. The van der Waals surface area contributed by atoms with Gasteiger partial charge >= 0.3 is 0 Å². The summed E-state index contributed by atoms with van der Waals surface area (Å²) in [5.41, 5.74) is 0.294. The van der Waals surface area contributed by atoms with Crippen LogP contribution in [0.3, 0.4) is 0 Å². The van der Waals surface area contributed by atoms with Gasteiger partial charge in [0.05, 0.1) is 13.2 Å². The Bertz CT molecular complexity index is 636. The Kier molecular flexibility index (Phi) is 4.85. The maximum Gasteiger partial charge on any atom is 0.227 e. The summed E-state index contributed by atoms with van der Waals surface area (Å²) in [6.07, 6.45) is 2.18. The standard InChI is InChI=1S/C18H23FN2O3/c19-18(13-22)9-3-10-20(12-18)16(23)8-11-21-15-5-2-1-4-14(15)6-7-17(21)24/h1-2,4-5,22H,3,6-13H2. The third-order valence-corrected chi connectivity index (χ3v) is 4.90. The summed E-state index contributed by atoms with van der Waals surface area (Å²) in [6.45, 7) is 0.195. The van der Waals surface area contributed by atoms with E-state index in [2.05, 4.69) is 0 Å². The molecular weight excluding hydrogens is 311 g/mol. The molecule has 1 saturated heterocycles. The number of aliphatic hydroxyl groups excluding tert-OH is 1. The van der Waals surface area contributed by atoms with E-state index in [4.69, 9.17) is 5.11 Å². The van der Waals surface area contributed by atoms with Gasteiger partial charge in [-0.05, 0) is 30.9 Å². The Morgan fingerprint density at radius 2 is 2.08 bits per heavy atom. The van der Waals surface area contributed by atoms with Crippen molar-refractivity contribution in [2.24, 2.45) is 0 Å².